The lowest BCUT2D eigenvalue weighted by atomic mass is 10.1. The van der Waals surface area contributed by atoms with Crippen LogP contribution in [0.2, 0.25) is 0 Å². The Labute approximate surface area is 169 Å². The number of allylic oxidation sites excluding steroid dienone is 2. The summed E-state index contributed by atoms with van der Waals surface area (Å²) in [5, 5.41) is 20.3. The average molecular weight is 383 g/mol. The van der Waals surface area contributed by atoms with Crippen molar-refractivity contribution in [1.82, 2.24) is 20.3 Å². The van der Waals surface area contributed by atoms with E-state index in [1.165, 1.54) is 6.08 Å². The normalized spacial score (nSPS) is 12.5. The lowest BCUT2D eigenvalue weighted by Gasteiger charge is -2.13. The molecule has 3 aromatic rings. The van der Waals surface area contributed by atoms with E-state index in [9.17, 15) is 10.1 Å². The summed E-state index contributed by atoms with van der Waals surface area (Å²) in [6, 6.07) is 21.3. The van der Waals surface area contributed by atoms with Gasteiger partial charge in [0.25, 0.3) is 5.91 Å². The molecule has 0 spiro atoms. The lowest BCUT2D eigenvalue weighted by Crippen LogP contribution is -2.27. The predicted molar refractivity (Wildman–Crippen MR) is 111 cm³/mol. The van der Waals surface area contributed by atoms with Gasteiger partial charge in [-0.25, -0.2) is 4.68 Å². The molecule has 1 aromatic heterocycles. The molecular weight excluding hydrogens is 362 g/mol. The summed E-state index contributed by atoms with van der Waals surface area (Å²) in [5.41, 5.74) is 2.78. The van der Waals surface area contributed by atoms with Gasteiger partial charge in [-0.15, -0.1) is 5.10 Å². The zero-order valence-electron chi connectivity index (χ0n) is 16.1. The summed E-state index contributed by atoms with van der Waals surface area (Å²) >= 11 is 0. The van der Waals surface area contributed by atoms with Gasteiger partial charge in [0, 0.05) is 0 Å². The minimum Gasteiger partial charge on any atom is -0.345 e. The molecule has 6 nitrogen and oxygen atoms in total. The van der Waals surface area contributed by atoms with Gasteiger partial charge in [0.15, 0.2) is 0 Å². The van der Waals surface area contributed by atoms with Crippen LogP contribution >= 0.6 is 0 Å². The Bertz CT molecular complexity index is 1050. The van der Waals surface area contributed by atoms with Crippen LogP contribution in [0.1, 0.15) is 29.8 Å². The summed E-state index contributed by atoms with van der Waals surface area (Å²) in [7, 11) is 0. The highest BCUT2D eigenvalue weighted by atomic mass is 16.1. The van der Waals surface area contributed by atoms with Gasteiger partial charge in [-0.2, -0.15) is 5.26 Å². The highest BCUT2D eigenvalue weighted by Crippen LogP contribution is 2.12. The number of hydrogen-bond donors (Lipinski definition) is 1. The zero-order chi connectivity index (χ0) is 20.5. The summed E-state index contributed by atoms with van der Waals surface area (Å²) in [4.78, 5) is 12.3. The van der Waals surface area contributed by atoms with Gasteiger partial charge in [-0.05, 0) is 30.2 Å². The first-order valence-electron chi connectivity index (χ1n) is 9.24. The molecule has 3 rings (SSSR count). The van der Waals surface area contributed by atoms with Crippen LogP contribution in [-0.2, 0) is 11.3 Å². The molecule has 1 N–H and O–H groups in total. The van der Waals surface area contributed by atoms with Crippen molar-refractivity contribution >= 4 is 12.0 Å². The molecule has 1 heterocycles. The molecule has 1 amide bonds. The number of aromatic nitrogens is 3. The Morgan fingerprint density at radius 1 is 1.17 bits per heavy atom. The van der Waals surface area contributed by atoms with E-state index in [1.54, 1.807) is 23.0 Å². The fourth-order valence-electron chi connectivity index (χ4n) is 2.74. The van der Waals surface area contributed by atoms with Crippen molar-refractivity contribution in [3.8, 4) is 6.07 Å². The zero-order valence-corrected chi connectivity index (χ0v) is 16.1. The monoisotopic (exact) mass is 383 g/mol. The number of hydrogen-bond acceptors (Lipinski definition) is 4. The summed E-state index contributed by atoms with van der Waals surface area (Å²) in [6.07, 6.45) is 6.62. The third-order valence-corrected chi connectivity index (χ3v) is 4.29. The topological polar surface area (TPSA) is 83.6 Å². The van der Waals surface area contributed by atoms with E-state index < -0.39 is 5.91 Å². The Balaban J connectivity index is 1.60. The van der Waals surface area contributed by atoms with Gasteiger partial charge in [0.1, 0.15) is 17.3 Å². The van der Waals surface area contributed by atoms with E-state index in [0.717, 1.165) is 11.1 Å². The maximum Gasteiger partial charge on any atom is 0.262 e. The average Bonchev–Trinajstić information content (AvgIpc) is 3.19. The molecule has 0 aliphatic heterocycles. The Morgan fingerprint density at radius 3 is 2.55 bits per heavy atom. The Morgan fingerprint density at radius 2 is 1.86 bits per heavy atom. The van der Waals surface area contributed by atoms with E-state index in [2.05, 4.69) is 15.6 Å². The fraction of sp³-hybridized carbons (Fsp3) is 0.130. The molecule has 0 saturated carbocycles. The van der Waals surface area contributed by atoms with Crippen LogP contribution < -0.4 is 5.32 Å². The molecule has 0 saturated heterocycles. The Hall–Kier alpha value is -3.98. The third-order valence-electron chi connectivity index (χ3n) is 4.29. The molecule has 0 bridgehead atoms. The van der Waals surface area contributed by atoms with E-state index in [1.807, 2.05) is 73.7 Å². The maximum atomic E-state index is 12.3. The molecule has 29 heavy (non-hydrogen) atoms. The quantitative estimate of drug-likeness (QED) is 0.383. The first-order valence-corrected chi connectivity index (χ1v) is 9.24. The molecule has 1 atom stereocenters. The second-order valence-corrected chi connectivity index (χ2v) is 6.48. The van der Waals surface area contributed by atoms with Crippen LogP contribution in [0.4, 0.5) is 0 Å². The van der Waals surface area contributed by atoms with Gasteiger partial charge in [-0.3, -0.25) is 4.79 Å². The number of carbonyl (C=O) groups is 1. The largest absolute Gasteiger partial charge is 0.345 e. The fourth-order valence-corrected chi connectivity index (χ4v) is 2.74. The lowest BCUT2D eigenvalue weighted by molar-refractivity contribution is -0.117. The van der Waals surface area contributed by atoms with Crippen molar-refractivity contribution in [2.75, 3.05) is 0 Å². The number of nitrogens with one attached hydrogen (secondary N) is 1. The standard InChI is InChI=1S/C23H21N5O/c1-18(20-11-6-3-7-12-20)25-23(29)21(15-24)13-8-14-22-17-28(27-26-22)16-19-9-4-2-5-10-19/h2-14,17-18H,16H2,1H3,(H,25,29)/b14-8+,21-13+/t18-/m0/s1. The molecule has 2 aromatic carbocycles. The highest BCUT2D eigenvalue weighted by Gasteiger charge is 2.12. The molecule has 0 fully saturated rings. The summed E-state index contributed by atoms with van der Waals surface area (Å²) in [5.74, 6) is -0.416. The van der Waals surface area contributed by atoms with Crippen LogP contribution in [0.5, 0.6) is 0 Å². The third kappa shape index (κ3) is 5.75. The molecule has 0 aliphatic rings. The molecule has 144 valence electrons. The first kappa shape index (κ1) is 19.8. The number of benzene rings is 2. The van der Waals surface area contributed by atoms with Gasteiger partial charge >= 0.3 is 0 Å². The van der Waals surface area contributed by atoms with Crippen LogP contribution in [-0.4, -0.2) is 20.9 Å². The second kappa shape index (κ2) is 9.81. The van der Waals surface area contributed by atoms with Crippen LogP contribution in [0, 0.1) is 11.3 Å². The van der Waals surface area contributed by atoms with E-state index in [4.69, 9.17) is 0 Å². The molecule has 0 radical (unpaired) electrons. The van der Waals surface area contributed by atoms with Crippen molar-refractivity contribution in [3.63, 3.8) is 0 Å². The number of nitrogens with zero attached hydrogens (tertiary/aromatic N) is 4. The smallest absolute Gasteiger partial charge is 0.262 e. The molecule has 6 heteroatoms. The highest BCUT2D eigenvalue weighted by molar-refractivity contribution is 5.97. The van der Waals surface area contributed by atoms with Gasteiger partial charge < -0.3 is 5.32 Å². The minimum atomic E-state index is -0.416. The van der Waals surface area contributed by atoms with Crippen molar-refractivity contribution in [2.24, 2.45) is 0 Å². The van der Waals surface area contributed by atoms with Crippen molar-refractivity contribution < 1.29 is 4.79 Å². The van der Waals surface area contributed by atoms with Gasteiger partial charge in [0.05, 0.1) is 18.8 Å². The van der Waals surface area contributed by atoms with Crippen LogP contribution in [0.15, 0.2) is 84.6 Å². The van der Waals surface area contributed by atoms with Crippen LogP contribution in [0.25, 0.3) is 6.08 Å². The SMILES string of the molecule is C[C@H](NC(=O)/C(C#N)=C/C=C/c1cn(Cc2ccccc2)nn1)c1ccccc1. The number of rotatable bonds is 7. The molecular formula is C23H21N5O. The second-order valence-electron chi connectivity index (χ2n) is 6.48. The van der Waals surface area contributed by atoms with E-state index >= 15 is 0 Å². The number of amides is 1. The molecule has 0 unspecified atom stereocenters. The van der Waals surface area contributed by atoms with Crippen molar-refractivity contribution in [1.29, 1.82) is 5.26 Å². The predicted octanol–water partition coefficient (Wildman–Crippen LogP) is 3.67. The van der Waals surface area contributed by atoms with E-state index in [-0.39, 0.29) is 11.6 Å². The maximum absolute atomic E-state index is 12.3. The van der Waals surface area contributed by atoms with Gasteiger partial charge in [-0.1, -0.05) is 72.0 Å². The van der Waals surface area contributed by atoms with Crippen molar-refractivity contribution in [2.45, 2.75) is 19.5 Å². The summed E-state index contributed by atoms with van der Waals surface area (Å²) in [6.45, 7) is 2.50. The first-order chi connectivity index (χ1) is 14.2. The van der Waals surface area contributed by atoms with E-state index in [0.29, 0.717) is 12.2 Å². The van der Waals surface area contributed by atoms with Crippen LogP contribution in [0.3, 0.4) is 0 Å². The van der Waals surface area contributed by atoms with Crippen molar-refractivity contribution in [3.05, 3.63) is 101 Å². The van der Waals surface area contributed by atoms with Gasteiger partial charge in [0.2, 0.25) is 0 Å². The minimum absolute atomic E-state index is 0.0284. The Kier molecular flexibility index (Phi) is 6.69. The molecule has 0 aliphatic carbocycles. The number of carbonyl (C=O) groups excluding carboxylic acids is 1. The summed E-state index contributed by atoms with van der Waals surface area (Å²) < 4.78 is 1.73. The number of nitriles is 1.